The summed E-state index contributed by atoms with van der Waals surface area (Å²) in [4.78, 5) is 16.7. The molecule has 0 atom stereocenters. The number of aromatic nitrogens is 1. The van der Waals surface area contributed by atoms with Crippen molar-refractivity contribution in [3.05, 3.63) is 64.9 Å². The number of hydrogen-bond donors (Lipinski definition) is 2. The molecule has 1 heterocycles. The van der Waals surface area contributed by atoms with E-state index >= 15 is 0 Å². The third kappa shape index (κ3) is 3.78. The molecule has 0 bridgehead atoms. The minimum absolute atomic E-state index is 0.185. The van der Waals surface area contributed by atoms with Gasteiger partial charge in [0.05, 0.1) is 29.0 Å². The molecule has 0 aliphatic rings. The summed E-state index contributed by atoms with van der Waals surface area (Å²) in [6, 6.07) is 13.1. The molecule has 1 aromatic heterocycles. The lowest BCUT2D eigenvalue weighted by Crippen LogP contribution is -2.34. The molecular formula is C18H14BrN3O2S. The van der Waals surface area contributed by atoms with E-state index in [1.54, 1.807) is 30.6 Å². The van der Waals surface area contributed by atoms with Crippen molar-refractivity contribution in [3.63, 3.8) is 0 Å². The van der Waals surface area contributed by atoms with Crippen molar-refractivity contribution in [2.45, 2.75) is 0 Å². The molecule has 126 valence electrons. The van der Waals surface area contributed by atoms with Crippen molar-refractivity contribution >= 4 is 55.6 Å². The van der Waals surface area contributed by atoms with Gasteiger partial charge in [-0.25, -0.2) is 0 Å². The van der Waals surface area contributed by atoms with Crippen LogP contribution in [0.15, 0.2) is 59.3 Å². The number of nitrogens with one attached hydrogen (secondary N) is 2. The third-order valence-electron chi connectivity index (χ3n) is 3.54. The second kappa shape index (κ2) is 7.58. The number of carbonyl (C=O) groups is 1. The summed E-state index contributed by atoms with van der Waals surface area (Å²) >= 11 is 8.72. The fourth-order valence-electron chi connectivity index (χ4n) is 2.42. The molecule has 3 rings (SSSR count). The number of benzene rings is 2. The van der Waals surface area contributed by atoms with Crippen LogP contribution in [0.2, 0.25) is 0 Å². The molecule has 0 saturated heterocycles. The van der Waals surface area contributed by atoms with Crippen LogP contribution in [0.4, 0.5) is 5.69 Å². The molecule has 7 heteroatoms. The number of rotatable bonds is 3. The maximum absolute atomic E-state index is 12.7. The minimum atomic E-state index is -0.357. The number of anilines is 1. The number of ether oxygens (including phenoxy) is 1. The maximum Gasteiger partial charge on any atom is 0.261 e. The van der Waals surface area contributed by atoms with Gasteiger partial charge in [0, 0.05) is 6.20 Å². The van der Waals surface area contributed by atoms with Crippen molar-refractivity contribution in [2.75, 3.05) is 12.4 Å². The Morgan fingerprint density at radius 2 is 2.04 bits per heavy atom. The summed E-state index contributed by atoms with van der Waals surface area (Å²) in [6.45, 7) is 0. The lowest BCUT2D eigenvalue weighted by atomic mass is 10.1. The number of carbonyl (C=O) groups excluding carboxylic acids is 1. The van der Waals surface area contributed by atoms with Crippen molar-refractivity contribution in [2.24, 2.45) is 0 Å². The number of pyridine rings is 1. The van der Waals surface area contributed by atoms with Gasteiger partial charge in [0.15, 0.2) is 5.11 Å². The summed E-state index contributed by atoms with van der Waals surface area (Å²) in [5.41, 5.74) is 1.09. The highest BCUT2D eigenvalue weighted by Crippen LogP contribution is 2.36. The van der Waals surface area contributed by atoms with E-state index in [4.69, 9.17) is 17.0 Å². The van der Waals surface area contributed by atoms with Crippen molar-refractivity contribution in [3.8, 4) is 5.75 Å². The van der Waals surface area contributed by atoms with E-state index in [1.807, 2.05) is 24.3 Å². The highest BCUT2D eigenvalue weighted by atomic mass is 79.9. The normalized spacial score (nSPS) is 10.3. The summed E-state index contributed by atoms with van der Waals surface area (Å²) < 4.78 is 6.15. The molecule has 0 unspecified atom stereocenters. The Bertz CT molecular complexity index is 948. The summed E-state index contributed by atoms with van der Waals surface area (Å²) in [5.74, 6) is 0.102. The fourth-order valence-corrected chi connectivity index (χ4v) is 3.37. The minimum Gasteiger partial charge on any atom is -0.495 e. The molecule has 3 aromatic rings. The number of nitrogens with zero attached hydrogens (tertiary/aromatic N) is 1. The first-order valence-electron chi connectivity index (χ1n) is 7.37. The van der Waals surface area contributed by atoms with Crippen molar-refractivity contribution in [1.82, 2.24) is 10.3 Å². The third-order valence-corrected chi connectivity index (χ3v) is 4.53. The second-order valence-electron chi connectivity index (χ2n) is 5.14. The quantitative estimate of drug-likeness (QED) is 0.629. The van der Waals surface area contributed by atoms with E-state index in [9.17, 15) is 4.79 Å². The van der Waals surface area contributed by atoms with E-state index in [0.29, 0.717) is 17.0 Å². The smallest absolute Gasteiger partial charge is 0.261 e. The second-order valence-corrected chi connectivity index (χ2v) is 6.34. The first-order valence-corrected chi connectivity index (χ1v) is 8.58. The van der Waals surface area contributed by atoms with Gasteiger partial charge in [0.1, 0.15) is 5.75 Å². The molecule has 25 heavy (non-hydrogen) atoms. The number of thiocarbonyl (C=S) groups is 1. The van der Waals surface area contributed by atoms with Gasteiger partial charge in [-0.2, -0.15) is 0 Å². The topological polar surface area (TPSA) is 63.2 Å². The zero-order valence-electron chi connectivity index (χ0n) is 13.2. The highest BCUT2D eigenvalue weighted by molar-refractivity contribution is 9.10. The predicted molar refractivity (Wildman–Crippen MR) is 106 cm³/mol. The van der Waals surface area contributed by atoms with Crippen LogP contribution in [0.1, 0.15) is 10.4 Å². The summed E-state index contributed by atoms with van der Waals surface area (Å²) in [5, 5.41) is 7.65. The SMILES string of the molecule is COc1c(C(=O)NC(=S)Nc2cccnc2)cc2ccccc2c1Br. The van der Waals surface area contributed by atoms with E-state index in [2.05, 4.69) is 31.5 Å². The first kappa shape index (κ1) is 17.3. The number of fused-ring (bicyclic) bond motifs is 1. The van der Waals surface area contributed by atoms with Gasteiger partial charge in [-0.05, 0) is 57.1 Å². The Morgan fingerprint density at radius 3 is 2.76 bits per heavy atom. The molecule has 2 aromatic carbocycles. The molecular weight excluding hydrogens is 402 g/mol. The van der Waals surface area contributed by atoms with E-state index in [-0.39, 0.29) is 11.0 Å². The van der Waals surface area contributed by atoms with E-state index < -0.39 is 0 Å². The Hall–Kier alpha value is -2.51. The van der Waals surface area contributed by atoms with E-state index in [1.165, 1.54) is 7.11 Å². The van der Waals surface area contributed by atoms with Crippen LogP contribution in [0, 0.1) is 0 Å². The van der Waals surface area contributed by atoms with Crippen LogP contribution in [0.3, 0.4) is 0 Å². The standard InChI is InChI=1S/C18H14BrN3O2S/c1-24-16-14(9-11-5-2-3-7-13(11)15(16)19)17(23)22-18(25)21-12-6-4-8-20-10-12/h2-10H,1H3,(H2,21,22,23,25). The molecule has 2 N–H and O–H groups in total. The Balaban J connectivity index is 1.87. The Morgan fingerprint density at radius 1 is 1.24 bits per heavy atom. The number of methoxy groups -OCH3 is 1. The fraction of sp³-hybridized carbons (Fsp3) is 0.0556. The van der Waals surface area contributed by atoms with Gasteiger partial charge < -0.3 is 10.1 Å². The highest BCUT2D eigenvalue weighted by Gasteiger charge is 2.19. The van der Waals surface area contributed by atoms with Crippen LogP contribution in [0.25, 0.3) is 10.8 Å². The van der Waals surface area contributed by atoms with Gasteiger partial charge in [-0.15, -0.1) is 0 Å². The summed E-state index contributed by atoms with van der Waals surface area (Å²) in [6.07, 6.45) is 3.27. The molecule has 0 saturated carbocycles. The van der Waals surface area contributed by atoms with Crippen LogP contribution in [0.5, 0.6) is 5.75 Å². The molecule has 5 nitrogen and oxygen atoms in total. The van der Waals surface area contributed by atoms with Gasteiger partial charge in [-0.3, -0.25) is 15.1 Å². The molecule has 0 spiro atoms. The summed E-state index contributed by atoms with van der Waals surface area (Å²) in [7, 11) is 1.53. The molecule has 0 radical (unpaired) electrons. The van der Waals surface area contributed by atoms with Crippen LogP contribution < -0.4 is 15.4 Å². The molecule has 0 fully saturated rings. The lowest BCUT2D eigenvalue weighted by molar-refractivity contribution is 0.0975. The molecule has 0 aliphatic heterocycles. The van der Waals surface area contributed by atoms with Gasteiger partial charge >= 0.3 is 0 Å². The van der Waals surface area contributed by atoms with Gasteiger partial charge in [0.2, 0.25) is 0 Å². The average molecular weight is 416 g/mol. The number of hydrogen-bond acceptors (Lipinski definition) is 4. The van der Waals surface area contributed by atoms with Gasteiger partial charge in [-0.1, -0.05) is 24.3 Å². The first-order chi connectivity index (χ1) is 12.1. The maximum atomic E-state index is 12.7. The van der Waals surface area contributed by atoms with Gasteiger partial charge in [0.25, 0.3) is 5.91 Å². The van der Waals surface area contributed by atoms with Crippen LogP contribution >= 0.6 is 28.1 Å². The van der Waals surface area contributed by atoms with Crippen molar-refractivity contribution in [1.29, 1.82) is 0 Å². The van der Waals surface area contributed by atoms with Crippen LogP contribution in [-0.4, -0.2) is 23.1 Å². The molecule has 0 aliphatic carbocycles. The zero-order valence-corrected chi connectivity index (χ0v) is 15.6. The average Bonchev–Trinajstić information content (AvgIpc) is 2.62. The Labute approximate surface area is 158 Å². The van der Waals surface area contributed by atoms with Crippen molar-refractivity contribution < 1.29 is 9.53 Å². The lowest BCUT2D eigenvalue weighted by Gasteiger charge is -2.14. The monoisotopic (exact) mass is 415 g/mol. The largest absolute Gasteiger partial charge is 0.495 e. The number of halogens is 1. The molecule has 1 amide bonds. The predicted octanol–water partition coefficient (Wildman–Crippen LogP) is 4.13. The Kier molecular flexibility index (Phi) is 5.25. The van der Waals surface area contributed by atoms with Crippen LogP contribution in [-0.2, 0) is 0 Å². The zero-order chi connectivity index (χ0) is 17.8. The number of amides is 1. The van der Waals surface area contributed by atoms with E-state index in [0.717, 1.165) is 15.2 Å².